The van der Waals surface area contributed by atoms with Crippen LogP contribution < -0.4 is 0 Å². The van der Waals surface area contributed by atoms with E-state index in [4.69, 9.17) is 4.52 Å². The molecule has 3 rings (SSSR count). The lowest BCUT2D eigenvalue weighted by atomic mass is 10.1. The lowest BCUT2D eigenvalue weighted by molar-refractivity contribution is -0.153. The third-order valence-corrected chi connectivity index (χ3v) is 7.02. The lowest BCUT2D eigenvalue weighted by Crippen LogP contribution is -2.43. The molecule has 2 fully saturated rings. The first-order valence-electron chi connectivity index (χ1n) is 8.16. The zero-order valence-electron chi connectivity index (χ0n) is 14.2. The Hall–Kier alpha value is -1.94. The van der Waals surface area contributed by atoms with Crippen LogP contribution >= 0.6 is 0 Å². The van der Waals surface area contributed by atoms with Gasteiger partial charge in [-0.05, 0) is 33.1 Å². The molecule has 9 nitrogen and oxygen atoms in total. The quantitative estimate of drug-likeness (QED) is 0.759. The largest absolute Gasteiger partial charge is 0.480 e. The number of aromatic nitrogens is 1. The first-order valence-corrected chi connectivity index (χ1v) is 9.60. The Kier molecular flexibility index (Phi) is 4.36. The second-order valence-electron chi connectivity index (χ2n) is 6.59. The number of carboxylic acid groups (broad SMARTS) is 1. The number of carboxylic acids is 1. The van der Waals surface area contributed by atoms with Crippen LogP contribution in [0.3, 0.4) is 0 Å². The van der Waals surface area contributed by atoms with E-state index in [1.165, 1.54) is 9.21 Å². The van der Waals surface area contributed by atoms with E-state index in [-0.39, 0.29) is 30.3 Å². The van der Waals surface area contributed by atoms with Crippen LogP contribution in [0, 0.1) is 19.3 Å². The van der Waals surface area contributed by atoms with Crippen molar-refractivity contribution in [2.75, 3.05) is 26.2 Å². The standard InChI is InChI=1S/C15H21N3O6S/c1-10-12(11(2)24-16-10)25(22,23)18-7-3-6-17(8-9-18)13(19)15(4-5-15)14(20)21/h3-9H2,1-2H3,(H,20,21). The summed E-state index contributed by atoms with van der Waals surface area (Å²) in [5.41, 5.74) is -0.993. The highest BCUT2D eigenvalue weighted by atomic mass is 32.2. The highest BCUT2D eigenvalue weighted by Crippen LogP contribution is 2.47. The predicted octanol–water partition coefficient (Wildman–Crippen LogP) is 0.379. The second kappa shape index (κ2) is 6.10. The molecule has 10 heteroatoms. The van der Waals surface area contributed by atoms with Gasteiger partial charge in [0, 0.05) is 26.2 Å². The van der Waals surface area contributed by atoms with Gasteiger partial charge in [-0.2, -0.15) is 4.31 Å². The van der Waals surface area contributed by atoms with E-state index >= 15 is 0 Å². The van der Waals surface area contributed by atoms with Crippen LogP contribution in [-0.2, 0) is 19.6 Å². The van der Waals surface area contributed by atoms with Gasteiger partial charge in [0.25, 0.3) is 0 Å². The smallest absolute Gasteiger partial charge is 0.319 e. The van der Waals surface area contributed by atoms with Crippen LogP contribution in [0.2, 0.25) is 0 Å². The Labute approximate surface area is 145 Å². The average Bonchev–Trinajstić information content (AvgIpc) is 3.31. The maximum atomic E-state index is 12.9. The van der Waals surface area contributed by atoms with Gasteiger partial charge in [0.2, 0.25) is 15.9 Å². The van der Waals surface area contributed by atoms with Crippen LogP contribution in [0.1, 0.15) is 30.7 Å². The van der Waals surface area contributed by atoms with Crippen LogP contribution in [0.4, 0.5) is 0 Å². The zero-order valence-corrected chi connectivity index (χ0v) is 15.0. The van der Waals surface area contributed by atoms with Gasteiger partial charge in [-0.3, -0.25) is 9.59 Å². The van der Waals surface area contributed by atoms with Gasteiger partial charge >= 0.3 is 5.97 Å². The van der Waals surface area contributed by atoms with Gasteiger partial charge in [-0.25, -0.2) is 8.42 Å². The van der Waals surface area contributed by atoms with Crippen molar-refractivity contribution in [1.82, 2.24) is 14.4 Å². The van der Waals surface area contributed by atoms with E-state index in [0.29, 0.717) is 31.5 Å². The molecule has 25 heavy (non-hydrogen) atoms. The van der Waals surface area contributed by atoms with Gasteiger partial charge in [-0.1, -0.05) is 5.16 Å². The van der Waals surface area contributed by atoms with Crippen molar-refractivity contribution >= 4 is 21.9 Å². The maximum Gasteiger partial charge on any atom is 0.319 e. The Bertz CT molecular complexity index is 792. The molecule has 1 N–H and O–H groups in total. The summed E-state index contributed by atoms with van der Waals surface area (Å²) in [5.74, 6) is -1.27. The maximum absolute atomic E-state index is 12.9. The molecular formula is C15H21N3O6S. The summed E-state index contributed by atoms with van der Waals surface area (Å²) in [6.45, 7) is 4.02. The number of amides is 1. The minimum atomic E-state index is -3.77. The number of rotatable bonds is 4. The number of carbonyl (C=O) groups is 2. The summed E-state index contributed by atoms with van der Waals surface area (Å²) in [6.07, 6.45) is 1.14. The summed E-state index contributed by atoms with van der Waals surface area (Å²) < 4.78 is 32.0. The number of aliphatic carboxylic acids is 1. The van der Waals surface area contributed by atoms with E-state index in [1.54, 1.807) is 13.8 Å². The number of sulfonamides is 1. The second-order valence-corrected chi connectivity index (χ2v) is 8.47. The normalized spacial score (nSPS) is 21.0. The van der Waals surface area contributed by atoms with Crippen molar-refractivity contribution in [3.05, 3.63) is 11.5 Å². The third kappa shape index (κ3) is 2.93. The molecule has 0 bridgehead atoms. The SMILES string of the molecule is Cc1noc(C)c1S(=O)(=O)N1CCCN(C(=O)C2(C(=O)O)CC2)CC1. The highest BCUT2D eigenvalue weighted by Gasteiger charge is 2.58. The molecule has 0 unspecified atom stereocenters. The molecule has 1 aliphatic heterocycles. The van der Waals surface area contributed by atoms with Gasteiger partial charge in [0.05, 0.1) is 0 Å². The van der Waals surface area contributed by atoms with Gasteiger partial charge in [0.15, 0.2) is 5.76 Å². The molecule has 2 heterocycles. The summed E-state index contributed by atoms with van der Waals surface area (Å²) in [5, 5.41) is 13.0. The Morgan fingerprint density at radius 3 is 2.36 bits per heavy atom. The van der Waals surface area contributed by atoms with E-state index < -0.39 is 27.3 Å². The van der Waals surface area contributed by atoms with Gasteiger partial charge in [-0.15, -0.1) is 0 Å². The third-order valence-electron chi connectivity index (χ3n) is 4.88. The molecule has 2 aliphatic rings. The lowest BCUT2D eigenvalue weighted by Gasteiger charge is -2.24. The first-order chi connectivity index (χ1) is 11.7. The fourth-order valence-electron chi connectivity index (χ4n) is 3.26. The van der Waals surface area contributed by atoms with E-state index in [9.17, 15) is 23.1 Å². The van der Waals surface area contributed by atoms with Gasteiger partial charge in [0.1, 0.15) is 16.0 Å². The van der Waals surface area contributed by atoms with Crippen molar-refractivity contribution in [3.63, 3.8) is 0 Å². The van der Waals surface area contributed by atoms with Crippen molar-refractivity contribution in [3.8, 4) is 0 Å². The van der Waals surface area contributed by atoms with Crippen LogP contribution in [-0.4, -0.2) is 65.9 Å². The molecule has 0 spiro atoms. The van der Waals surface area contributed by atoms with E-state index in [0.717, 1.165) is 0 Å². The van der Waals surface area contributed by atoms with E-state index in [1.807, 2.05) is 0 Å². The molecule has 1 amide bonds. The molecule has 1 saturated heterocycles. The average molecular weight is 371 g/mol. The predicted molar refractivity (Wildman–Crippen MR) is 85.2 cm³/mol. The summed E-state index contributed by atoms with van der Waals surface area (Å²) in [6, 6.07) is 0. The number of hydrogen-bond acceptors (Lipinski definition) is 6. The zero-order chi connectivity index (χ0) is 18.4. The van der Waals surface area contributed by atoms with Gasteiger partial charge < -0.3 is 14.5 Å². The Balaban J connectivity index is 1.76. The van der Waals surface area contributed by atoms with E-state index in [2.05, 4.69) is 5.16 Å². The van der Waals surface area contributed by atoms with Crippen molar-refractivity contribution in [1.29, 1.82) is 0 Å². The molecule has 1 aromatic heterocycles. The van der Waals surface area contributed by atoms with Crippen molar-refractivity contribution < 1.29 is 27.6 Å². The number of nitrogens with zero attached hydrogens (tertiary/aromatic N) is 3. The highest BCUT2D eigenvalue weighted by molar-refractivity contribution is 7.89. The molecule has 0 aromatic carbocycles. The number of aryl methyl sites for hydroxylation is 2. The number of hydrogen-bond donors (Lipinski definition) is 1. The molecular weight excluding hydrogens is 350 g/mol. The van der Waals surface area contributed by atoms with Crippen LogP contribution in [0.25, 0.3) is 0 Å². The molecule has 1 aromatic rings. The van der Waals surface area contributed by atoms with Crippen LogP contribution in [0.5, 0.6) is 0 Å². The molecule has 0 radical (unpaired) electrons. The summed E-state index contributed by atoms with van der Waals surface area (Å²) in [7, 11) is -3.77. The van der Waals surface area contributed by atoms with Crippen molar-refractivity contribution in [2.24, 2.45) is 5.41 Å². The minimum absolute atomic E-state index is 0.0662. The Morgan fingerprint density at radius 2 is 1.84 bits per heavy atom. The first kappa shape index (κ1) is 17.9. The summed E-state index contributed by atoms with van der Waals surface area (Å²) in [4.78, 5) is 25.4. The minimum Gasteiger partial charge on any atom is -0.480 e. The molecule has 138 valence electrons. The summed E-state index contributed by atoms with van der Waals surface area (Å²) >= 11 is 0. The van der Waals surface area contributed by atoms with Crippen LogP contribution in [0.15, 0.2) is 9.42 Å². The Morgan fingerprint density at radius 1 is 1.16 bits per heavy atom. The fourth-order valence-corrected chi connectivity index (χ4v) is 5.02. The monoisotopic (exact) mass is 371 g/mol. The molecule has 0 atom stereocenters. The molecule has 1 saturated carbocycles. The fraction of sp³-hybridized carbons (Fsp3) is 0.667. The molecule has 1 aliphatic carbocycles. The van der Waals surface area contributed by atoms with Crippen molar-refractivity contribution in [2.45, 2.75) is 38.0 Å². The topological polar surface area (TPSA) is 121 Å². The number of carbonyl (C=O) groups excluding carboxylic acids is 1.